The Balaban J connectivity index is 1.47. The number of hydrogen-bond acceptors (Lipinski definition) is 5. The van der Waals surface area contributed by atoms with Crippen LogP contribution in [-0.2, 0) is 0 Å². The molecule has 2 aliphatic rings. The second-order valence-electron chi connectivity index (χ2n) is 7.38. The van der Waals surface area contributed by atoms with Gasteiger partial charge in [0.05, 0.1) is 6.67 Å². The molecular weight excluding hydrogens is 375 g/mol. The zero-order valence-corrected chi connectivity index (χ0v) is 16.8. The van der Waals surface area contributed by atoms with Crippen LogP contribution < -0.4 is 4.74 Å². The van der Waals surface area contributed by atoms with Gasteiger partial charge in [-0.15, -0.1) is 11.8 Å². The van der Waals surface area contributed by atoms with E-state index in [2.05, 4.69) is 22.9 Å². The fourth-order valence-corrected chi connectivity index (χ4v) is 4.92. The first-order valence-corrected chi connectivity index (χ1v) is 10.7. The fraction of sp³-hybridized carbons (Fsp3) is 0.409. The van der Waals surface area contributed by atoms with Gasteiger partial charge >= 0.3 is 0 Å². The van der Waals surface area contributed by atoms with Gasteiger partial charge in [0.2, 0.25) is 5.88 Å². The predicted octanol–water partition coefficient (Wildman–Crippen LogP) is 4.53. The molecule has 148 valence electrons. The van der Waals surface area contributed by atoms with Gasteiger partial charge in [0.1, 0.15) is 11.9 Å². The predicted molar refractivity (Wildman–Crippen MR) is 111 cm³/mol. The number of thioether (sulfide) groups is 1. The molecular formula is C22H25FN2O2S. The van der Waals surface area contributed by atoms with E-state index in [0.717, 1.165) is 47.8 Å². The lowest BCUT2D eigenvalue weighted by Gasteiger charge is -2.22. The molecule has 1 aromatic heterocycles. The zero-order chi connectivity index (χ0) is 19.5. The summed E-state index contributed by atoms with van der Waals surface area (Å²) in [5, 5.41) is 9.77. The highest BCUT2D eigenvalue weighted by Crippen LogP contribution is 2.41. The van der Waals surface area contributed by atoms with Gasteiger partial charge in [0.15, 0.2) is 0 Å². The van der Waals surface area contributed by atoms with Crippen molar-refractivity contribution in [3.8, 4) is 11.6 Å². The van der Waals surface area contributed by atoms with Crippen molar-refractivity contribution < 1.29 is 14.2 Å². The summed E-state index contributed by atoms with van der Waals surface area (Å²) in [5.41, 5.74) is 4.69. The number of phenols is 1. The molecule has 0 unspecified atom stereocenters. The lowest BCUT2D eigenvalue weighted by atomic mass is 9.94. The molecule has 1 aromatic carbocycles. The number of aromatic nitrogens is 1. The molecule has 2 aliphatic heterocycles. The van der Waals surface area contributed by atoms with Gasteiger partial charge in [0, 0.05) is 48.1 Å². The Labute approximate surface area is 169 Å². The highest BCUT2D eigenvalue weighted by atomic mass is 32.2. The van der Waals surface area contributed by atoms with Crippen LogP contribution in [0.5, 0.6) is 11.6 Å². The molecule has 0 bridgehead atoms. The number of aromatic hydroxyl groups is 1. The highest BCUT2D eigenvalue weighted by molar-refractivity contribution is 7.99. The zero-order valence-electron chi connectivity index (χ0n) is 16.0. The van der Waals surface area contributed by atoms with Crippen molar-refractivity contribution in [1.29, 1.82) is 0 Å². The van der Waals surface area contributed by atoms with Gasteiger partial charge in [0.25, 0.3) is 0 Å². The quantitative estimate of drug-likeness (QED) is 0.772. The Morgan fingerprint density at radius 1 is 1.32 bits per heavy atom. The van der Waals surface area contributed by atoms with Crippen LogP contribution in [0.1, 0.15) is 30.9 Å². The summed E-state index contributed by atoms with van der Waals surface area (Å²) in [6, 6.07) is 9.53. The molecule has 4 nitrogen and oxygen atoms in total. The Morgan fingerprint density at radius 3 is 3.00 bits per heavy atom. The maximum absolute atomic E-state index is 12.3. The first-order chi connectivity index (χ1) is 13.6. The molecule has 0 spiro atoms. The van der Waals surface area contributed by atoms with Crippen LogP contribution in [0, 0.1) is 0 Å². The molecule has 0 saturated carbocycles. The lowest BCUT2D eigenvalue weighted by molar-refractivity contribution is 0.191. The van der Waals surface area contributed by atoms with E-state index in [-0.39, 0.29) is 12.8 Å². The molecule has 0 amide bonds. The molecule has 28 heavy (non-hydrogen) atoms. The van der Waals surface area contributed by atoms with Crippen LogP contribution in [0.15, 0.2) is 47.0 Å². The molecule has 0 radical (unpaired) electrons. The van der Waals surface area contributed by atoms with Crippen molar-refractivity contribution in [3.63, 3.8) is 0 Å². The minimum atomic E-state index is -0.262. The molecule has 1 fully saturated rings. The standard InChI is InChI=1S/C22H25FN2O2S/c1-15-14-28-20-11-17(26)4-5-19(20)22(15)16-3-6-21(24-12-16)27-18-7-10-25(13-18)9-2-8-23/h3-6,11-12,18,26H,2,7-10,13-14H2,1H3/t18-/m0/s1. The normalized spacial score (nSPS) is 19.7. The number of fused-ring (bicyclic) bond motifs is 1. The van der Waals surface area contributed by atoms with E-state index in [4.69, 9.17) is 4.74 Å². The first kappa shape index (κ1) is 19.3. The third-order valence-corrected chi connectivity index (χ3v) is 6.48. The van der Waals surface area contributed by atoms with Crippen LogP contribution in [0.25, 0.3) is 5.57 Å². The third-order valence-electron chi connectivity index (χ3n) is 5.26. The second-order valence-corrected chi connectivity index (χ2v) is 8.40. The van der Waals surface area contributed by atoms with Crippen molar-refractivity contribution in [1.82, 2.24) is 9.88 Å². The number of alkyl halides is 1. The SMILES string of the molecule is CC1=C(c2ccc(O[C@H]3CCN(CCCF)C3)nc2)c2ccc(O)cc2SC1. The number of rotatable bonds is 6. The molecule has 1 N–H and O–H groups in total. The second kappa shape index (κ2) is 8.53. The van der Waals surface area contributed by atoms with Crippen LogP contribution in [-0.4, -0.2) is 53.2 Å². The molecule has 0 aliphatic carbocycles. The van der Waals surface area contributed by atoms with Gasteiger partial charge in [-0.1, -0.05) is 5.57 Å². The number of phenolic OH excluding ortho intramolecular Hbond substituents is 1. The largest absolute Gasteiger partial charge is 0.508 e. The Hall–Kier alpha value is -2.05. The number of likely N-dealkylation sites (tertiary alicyclic amines) is 1. The first-order valence-electron chi connectivity index (χ1n) is 9.71. The summed E-state index contributed by atoms with van der Waals surface area (Å²) in [4.78, 5) is 7.88. The van der Waals surface area contributed by atoms with Gasteiger partial charge in [-0.3, -0.25) is 9.29 Å². The van der Waals surface area contributed by atoms with E-state index >= 15 is 0 Å². The minimum Gasteiger partial charge on any atom is -0.508 e. The summed E-state index contributed by atoms with van der Waals surface area (Å²) in [6.45, 7) is 4.47. The Kier molecular flexibility index (Phi) is 5.87. The third kappa shape index (κ3) is 4.18. The maximum atomic E-state index is 12.3. The number of halogens is 1. The number of hydrogen-bond donors (Lipinski definition) is 1. The molecule has 3 heterocycles. The monoisotopic (exact) mass is 400 g/mol. The summed E-state index contributed by atoms with van der Waals surface area (Å²) in [5.74, 6) is 1.83. The van der Waals surface area contributed by atoms with Crippen LogP contribution >= 0.6 is 11.8 Å². The number of pyridine rings is 1. The summed E-state index contributed by atoms with van der Waals surface area (Å²) in [7, 11) is 0. The molecule has 6 heteroatoms. The topological polar surface area (TPSA) is 45.6 Å². The molecule has 1 atom stereocenters. The van der Waals surface area contributed by atoms with E-state index in [0.29, 0.717) is 18.1 Å². The van der Waals surface area contributed by atoms with Crippen molar-refractivity contribution >= 4 is 17.3 Å². The van der Waals surface area contributed by atoms with Crippen LogP contribution in [0.2, 0.25) is 0 Å². The van der Waals surface area contributed by atoms with E-state index in [1.165, 1.54) is 11.1 Å². The molecule has 4 rings (SSSR count). The maximum Gasteiger partial charge on any atom is 0.213 e. The van der Waals surface area contributed by atoms with Crippen molar-refractivity contribution in [2.24, 2.45) is 0 Å². The molecule has 1 saturated heterocycles. The van der Waals surface area contributed by atoms with Gasteiger partial charge in [-0.25, -0.2) is 4.98 Å². The van der Waals surface area contributed by atoms with Crippen LogP contribution in [0.4, 0.5) is 4.39 Å². The average Bonchev–Trinajstić information content (AvgIpc) is 3.14. The van der Waals surface area contributed by atoms with E-state index < -0.39 is 0 Å². The van der Waals surface area contributed by atoms with Gasteiger partial charge in [-0.05, 0) is 55.2 Å². The van der Waals surface area contributed by atoms with E-state index in [1.807, 2.05) is 24.4 Å². The number of benzene rings is 1. The van der Waals surface area contributed by atoms with E-state index in [9.17, 15) is 9.50 Å². The smallest absolute Gasteiger partial charge is 0.213 e. The lowest BCUT2D eigenvalue weighted by Crippen LogP contribution is -2.26. The minimum absolute atomic E-state index is 0.119. The fourth-order valence-electron chi connectivity index (χ4n) is 3.88. The van der Waals surface area contributed by atoms with Crippen molar-refractivity contribution in [2.75, 3.05) is 32.1 Å². The Bertz CT molecular complexity index is 869. The number of ether oxygens (including phenoxy) is 1. The summed E-state index contributed by atoms with van der Waals surface area (Å²) in [6.07, 6.45) is 3.53. The van der Waals surface area contributed by atoms with Crippen molar-refractivity contribution in [2.45, 2.75) is 30.8 Å². The summed E-state index contributed by atoms with van der Waals surface area (Å²) < 4.78 is 18.4. The summed E-state index contributed by atoms with van der Waals surface area (Å²) >= 11 is 1.75. The highest BCUT2D eigenvalue weighted by Gasteiger charge is 2.24. The Morgan fingerprint density at radius 2 is 2.21 bits per heavy atom. The van der Waals surface area contributed by atoms with Gasteiger partial charge in [-0.2, -0.15) is 0 Å². The van der Waals surface area contributed by atoms with E-state index in [1.54, 1.807) is 17.8 Å². The molecule has 2 aromatic rings. The average molecular weight is 401 g/mol. The number of nitrogens with zero attached hydrogens (tertiary/aromatic N) is 2. The van der Waals surface area contributed by atoms with Gasteiger partial charge < -0.3 is 9.84 Å². The van der Waals surface area contributed by atoms with Crippen LogP contribution in [0.3, 0.4) is 0 Å². The van der Waals surface area contributed by atoms with Crippen molar-refractivity contribution in [3.05, 3.63) is 53.2 Å².